The molecule has 1 aromatic rings. The lowest BCUT2D eigenvalue weighted by Crippen LogP contribution is -1.93. The molecule has 0 amide bonds. The van der Waals surface area contributed by atoms with Gasteiger partial charge in [-0.05, 0) is 30.4 Å². The third-order valence-corrected chi connectivity index (χ3v) is 2.69. The van der Waals surface area contributed by atoms with Crippen LogP contribution in [0.3, 0.4) is 0 Å². The van der Waals surface area contributed by atoms with E-state index in [1.165, 1.54) is 18.4 Å². The van der Waals surface area contributed by atoms with Crippen molar-refractivity contribution in [2.45, 2.75) is 45.7 Å². The Morgan fingerprint density at radius 2 is 1.57 bits per heavy atom. The van der Waals surface area contributed by atoms with Crippen molar-refractivity contribution in [3.05, 3.63) is 35.4 Å². The maximum Gasteiger partial charge on any atom is 0.122 e. The molecule has 0 aliphatic rings. The van der Waals surface area contributed by atoms with Gasteiger partial charge in [-0.1, -0.05) is 44.5 Å². The Balaban J connectivity index is 2.72. The van der Waals surface area contributed by atoms with Crippen molar-refractivity contribution < 1.29 is 4.39 Å². The van der Waals surface area contributed by atoms with Crippen LogP contribution in [-0.2, 0) is 0 Å². The van der Waals surface area contributed by atoms with Crippen molar-refractivity contribution >= 4 is 0 Å². The van der Waals surface area contributed by atoms with Crippen LogP contribution in [0.5, 0.6) is 0 Å². The van der Waals surface area contributed by atoms with Crippen molar-refractivity contribution in [2.75, 3.05) is 0 Å². The number of hydrogen-bond acceptors (Lipinski definition) is 0. The first kappa shape index (κ1) is 11.2. The molecule has 1 rings (SSSR count). The van der Waals surface area contributed by atoms with Crippen LogP contribution in [0.2, 0.25) is 0 Å². The predicted molar refractivity (Wildman–Crippen MR) is 59.3 cm³/mol. The van der Waals surface area contributed by atoms with Crippen LogP contribution in [0.15, 0.2) is 24.3 Å². The molecule has 0 nitrogen and oxygen atoms in total. The van der Waals surface area contributed by atoms with Gasteiger partial charge in [0.25, 0.3) is 0 Å². The second-order valence-corrected chi connectivity index (χ2v) is 3.97. The van der Waals surface area contributed by atoms with Crippen LogP contribution in [-0.4, -0.2) is 0 Å². The van der Waals surface area contributed by atoms with Gasteiger partial charge in [0.2, 0.25) is 0 Å². The van der Waals surface area contributed by atoms with E-state index < -0.39 is 6.17 Å². The fourth-order valence-electron chi connectivity index (χ4n) is 1.69. The Morgan fingerprint density at radius 1 is 1.07 bits per heavy atom. The smallest absolute Gasteiger partial charge is 0.122 e. The Hall–Kier alpha value is -0.850. The summed E-state index contributed by atoms with van der Waals surface area (Å²) < 4.78 is 12.9. The monoisotopic (exact) mass is 194 g/mol. The average molecular weight is 194 g/mol. The molecule has 2 atom stereocenters. The molecule has 1 heteroatoms. The Morgan fingerprint density at radius 3 is 2.00 bits per heavy atom. The number of benzene rings is 1. The van der Waals surface area contributed by atoms with E-state index in [0.717, 1.165) is 5.56 Å². The number of hydrogen-bond donors (Lipinski definition) is 0. The summed E-state index contributed by atoms with van der Waals surface area (Å²) in [4.78, 5) is 0. The molecule has 0 bridgehead atoms. The molecule has 78 valence electrons. The van der Waals surface area contributed by atoms with E-state index in [2.05, 4.69) is 13.8 Å². The minimum absolute atomic E-state index is 0.587. The van der Waals surface area contributed by atoms with Gasteiger partial charge in [-0.25, -0.2) is 4.39 Å². The molecule has 0 radical (unpaired) electrons. The molecule has 0 aliphatic heterocycles. The highest BCUT2D eigenvalue weighted by atomic mass is 19.1. The lowest BCUT2D eigenvalue weighted by atomic mass is 9.95. The van der Waals surface area contributed by atoms with Crippen LogP contribution >= 0.6 is 0 Å². The van der Waals surface area contributed by atoms with Gasteiger partial charge in [-0.2, -0.15) is 0 Å². The Bertz CT molecular complexity index is 261. The molecule has 0 aromatic heterocycles. The molecular weight excluding hydrogens is 175 g/mol. The highest BCUT2D eigenvalue weighted by Crippen LogP contribution is 2.23. The summed E-state index contributed by atoms with van der Waals surface area (Å²) in [5, 5.41) is 0. The standard InChI is InChI=1S/C13H19F/c1-4-5-10(2)12-6-8-13(9-7-12)11(3)14/h6-11H,4-5H2,1-3H3. The van der Waals surface area contributed by atoms with E-state index in [1.54, 1.807) is 6.92 Å². The normalized spacial score (nSPS) is 15.1. The third kappa shape index (κ3) is 2.83. The summed E-state index contributed by atoms with van der Waals surface area (Å²) in [5.74, 6) is 0.587. The van der Waals surface area contributed by atoms with Gasteiger partial charge in [0.05, 0.1) is 0 Å². The van der Waals surface area contributed by atoms with Crippen LogP contribution in [0.25, 0.3) is 0 Å². The van der Waals surface area contributed by atoms with E-state index in [1.807, 2.05) is 24.3 Å². The van der Waals surface area contributed by atoms with E-state index in [-0.39, 0.29) is 0 Å². The average Bonchev–Trinajstić information content (AvgIpc) is 2.18. The first-order chi connectivity index (χ1) is 6.65. The molecule has 0 fully saturated rings. The highest BCUT2D eigenvalue weighted by molar-refractivity contribution is 5.26. The fraction of sp³-hybridized carbons (Fsp3) is 0.538. The van der Waals surface area contributed by atoms with Gasteiger partial charge in [-0.15, -0.1) is 0 Å². The van der Waals surface area contributed by atoms with Crippen molar-refractivity contribution in [2.24, 2.45) is 0 Å². The van der Waals surface area contributed by atoms with Gasteiger partial charge < -0.3 is 0 Å². The Kier molecular flexibility index (Phi) is 4.12. The van der Waals surface area contributed by atoms with E-state index >= 15 is 0 Å². The second kappa shape index (κ2) is 5.14. The van der Waals surface area contributed by atoms with Crippen LogP contribution in [0.4, 0.5) is 4.39 Å². The second-order valence-electron chi connectivity index (χ2n) is 3.97. The first-order valence-corrected chi connectivity index (χ1v) is 5.39. The van der Waals surface area contributed by atoms with Crippen LogP contribution in [0.1, 0.15) is 56.8 Å². The lowest BCUT2D eigenvalue weighted by molar-refractivity contribution is 0.374. The summed E-state index contributed by atoms with van der Waals surface area (Å²) >= 11 is 0. The van der Waals surface area contributed by atoms with Gasteiger partial charge in [0.15, 0.2) is 0 Å². The maximum absolute atomic E-state index is 12.9. The zero-order valence-corrected chi connectivity index (χ0v) is 9.26. The minimum atomic E-state index is -0.856. The summed E-state index contributed by atoms with van der Waals surface area (Å²) in [6, 6.07) is 7.88. The topological polar surface area (TPSA) is 0 Å². The van der Waals surface area contributed by atoms with Crippen LogP contribution < -0.4 is 0 Å². The minimum Gasteiger partial charge on any atom is -0.243 e. The van der Waals surface area contributed by atoms with Gasteiger partial charge in [0.1, 0.15) is 6.17 Å². The van der Waals surface area contributed by atoms with Crippen molar-refractivity contribution in [3.63, 3.8) is 0 Å². The van der Waals surface area contributed by atoms with E-state index in [4.69, 9.17) is 0 Å². The molecular formula is C13H19F. The fourth-order valence-corrected chi connectivity index (χ4v) is 1.69. The van der Waals surface area contributed by atoms with Crippen molar-refractivity contribution in [3.8, 4) is 0 Å². The zero-order chi connectivity index (χ0) is 10.6. The van der Waals surface area contributed by atoms with Gasteiger partial charge >= 0.3 is 0 Å². The molecule has 0 spiro atoms. The van der Waals surface area contributed by atoms with Crippen molar-refractivity contribution in [1.29, 1.82) is 0 Å². The van der Waals surface area contributed by atoms with E-state index in [0.29, 0.717) is 5.92 Å². The first-order valence-electron chi connectivity index (χ1n) is 5.39. The molecule has 0 N–H and O–H groups in total. The zero-order valence-electron chi connectivity index (χ0n) is 9.26. The lowest BCUT2D eigenvalue weighted by Gasteiger charge is -2.11. The summed E-state index contributed by atoms with van der Waals surface area (Å²) in [7, 11) is 0. The molecule has 2 unspecified atom stereocenters. The summed E-state index contributed by atoms with van der Waals surface area (Å²) in [5.41, 5.74) is 2.09. The van der Waals surface area contributed by atoms with Crippen LogP contribution in [0, 0.1) is 0 Å². The van der Waals surface area contributed by atoms with E-state index in [9.17, 15) is 4.39 Å². The van der Waals surface area contributed by atoms with Gasteiger partial charge in [0, 0.05) is 0 Å². The maximum atomic E-state index is 12.9. The highest BCUT2D eigenvalue weighted by Gasteiger charge is 2.06. The number of alkyl halides is 1. The third-order valence-electron chi connectivity index (χ3n) is 2.69. The summed E-state index contributed by atoms with van der Waals surface area (Å²) in [6.45, 7) is 5.98. The number of halogens is 1. The summed E-state index contributed by atoms with van der Waals surface area (Å²) in [6.07, 6.45) is 1.54. The largest absolute Gasteiger partial charge is 0.243 e. The molecule has 0 aliphatic carbocycles. The van der Waals surface area contributed by atoms with Gasteiger partial charge in [-0.3, -0.25) is 0 Å². The molecule has 14 heavy (non-hydrogen) atoms. The number of rotatable bonds is 4. The Labute approximate surface area is 86.2 Å². The quantitative estimate of drug-likeness (QED) is 0.656. The molecule has 1 aromatic carbocycles. The predicted octanol–water partition coefficient (Wildman–Crippen LogP) is 4.62. The molecule has 0 heterocycles. The molecule has 0 saturated heterocycles. The SMILES string of the molecule is CCCC(C)c1ccc(C(C)F)cc1. The van der Waals surface area contributed by atoms with Crippen molar-refractivity contribution in [1.82, 2.24) is 0 Å². The molecule has 0 saturated carbocycles.